The summed E-state index contributed by atoms with van der Waals surface area (Å²) in [7, 11) is 0. The number of carbonyl (C=O) groups excluding carboxylic acids is 1. The maximum atomic E-state index is 12.8. The van der Waals surface area contributed by atoms with Crippen LogP contribution >= 0.6 is 23.1 Å². The van der Waals surface area contributed by atoms with Crippen molar-refractivity contribution in [2.75, 3.05) is 5.32 Å². The number of allylic oxidation sites excluding steroid dienone is 1. The number of nitro groups is 1. The number of para-hydroxylation sites is 1. The third kappa shape index (κ3) is 3.97. The fourth-order valence-electron chi connectivity index (χ4n) is 3.55. The van der Waals surface area contributed by atoms with Gasteiger partial charge in [0.05, 0.1) is 25.9 Å². The molecule has 0 saturated heterocycles. The van der Waals surface area contributed by atoms with E-state index in [1.54, 1.807) is 19.1 Å². The minimum absolute atomic E-state index is 0.0214. The average molecular weight is 492 g/mol. The first-order chi connectivity index (χ1) is 16.4. The Kier molecular flexibility index (Phi) is 5.67. The molecular weight excluding hydrogens is 474 g/mol. The van der Waals surface area contributed by atoms with Crippen molar-refractivity contribution in [2.24, 2.45) is 0 Å². The Morgan fingerprint density at radius 1 is 1.29 bits per heavy atom. The van der Waals surface area contributed by atoms with Crippen molar-refractivity contribution < 1.29 is 9.72 Å². The Morgan fingerprint density at radius 2 is 2.12 bits per heavy atom. The highest BCUT2D eigenvalue weighted by Gasteiger charge is 2.20. The van der Waals surface area contributed by atoms with Crippen molar-refractivity contribution in [2.45, 2.75) is 23.9 Å². The topological polar surface area (TPSA) is 129 Å². The number of thiazole rings is 1. The van der Waals surface area contributed by atoms with Crippen LogP contribution in [0.4, 0.5) is 10.8 Å². The van der Waals surface area contributed by atoms with E-state index in [1.165, 1.54) is 35.2 Å². The van der Waals surface area contributed by atoms with Crippen molar-refractivity contribution in [1.29, 1.82) is 0 Å². The van der Waals surface area contributed by atoms with Crippen LogP contribution in [0.2, 0.25) is 0 Å². The minimum Gasteiger partial charge on any atom is -0.320 e. The first-order valence-corrected chi connectivity index (χ1v) is 11.9. The Bertz CT molecular complexity index is 1590. The van der Waals surface area contributed by atoms with Crippen molar-refractivity contribution in [3.63, 3.8) is 0 Å². The number of hydrogen-bond acceptors (Lipinski definition) is 9. The highest BCUT2D eigenvalue weighted by Crippen LogP contribution is 2.31. The Hall–Kier alpha value is -3.90. The van der Waals surface area contributed by atoms with E-state index in [2.05, 4.69) is 32.1 Å². The maximum Gasteiger partial charge on any atom is 0.270 e. The van der Waals surface area contributed by atoms with Crippen LogP contribution in [-0.2, 0) is 11.3 Å². The second-order valence-electron chi connectivity index (χ2n) is 7.36. The first kappa shape index (κ1) is 21.9. The van der Waals surface area contributed by atoms with Gasteiger partial charge in [0.2, 0.25) is 11.1 Å². The van der Waals surface area contributed by atoms with E-state index in [1.807, 2.05) is 28.8 Å². The number of aromatic nitrogens is 5. The lowest BCUT2D eigenvalue weighted by Crippen LogP contribution is -2.22. The molecule has 1 amide bonds. The van der Waals surface area contributed by atoms with Gasteiger partial charge < -0.3 is 9.88 Å². The van der Waals surface area contributed by atoms with Crippen LogP contribution in [0.25, 0.3) is 32.3 Å². The van der Waals surface area contributed by atoms with Crippen molar-refractivity contribution in [3.05, 3.63) is 65.2 Å². The number of fused-ring (bicyclic) bond motifs is 4. The van der Waals surface area contributed by atoms with Gasteiger partial charge in [-0.15, -0.1) is 16.8 Å². The molecule has 0 aliphatic heterocycles. The second-order valence-corrected chi connectivity index (χ2v) is 9.70. The van der Waals surface area contributed by atoms with Crippen LogP contribution in [0.1, 0.15) is 6.92 Å². The quantitative estimate of drug-likeness (QED) is 0.149. The number of rotatable bonds is 7. The summed E-state index contributed by atoms with van der Waals surface area (Å²) in [6.45, 7) is 6.14. The molecule has 3 heterocycles. The number of amides is 1. The summed E-state index contributed by atoms with van der Waals surface area (Å²) in [6, 6.07) is 12.3. The molecule has 0 spiro atoms. The molecule has 5 aromatic rings. The fraction of sp³-hybridized carbons (Fsp3) is 0.136. The molecule has 1 unspecified atom stereocenters. The van der Waals surface area contributed by atoms with E-state index in [0.717, 1.165) is 10.9 Å². The van der Waals surface area contributed by atoms with Gasteiger partial charge in [-0.2, -0.15) is 0 Å². The third-order valence-corrected chi connectivity index (χ3v) is 7.02. The van der Waals surface area contributed by atoms with Gasteiger partial charge in [-0.3, -0.25) is 14.9 Å². The number of nitrogens with one attached hydrogen (secondary N) is 1. The molecular formula is C22H17N7O3S2. The van der Waals surface area contributed by atoms with Gasteiger partial charge in [-0.05, 0) is 19.1 Å². The number of nitrogens with zero attached hydrogens (tertiary/aromatic N) is 6. The molecule has 0 saturated carbocycles. The predicted octanol–water partition coefficient (Wildman–Crippen LogP) is 4.80. The molecule has 0 radical (unpaired) electrons. The molecule has 12 heteroatoms. The van der Waals surface area contributed by atoms with Crippen LogP contribution in [-0.4, -0.2) is 40.8 Å². The lowest BCUT2D eigenvalue weighted by molar-refractivity contribution is -0.384. The molecule has 0 aliphatic rings. The summed E-state index contributed by atoms with van der Waals surface area (Å²) in [5.41, 5.74) is 2.93. The SMILES string of the molecule is C=CCn1c2ccccc2c2nnc(SC(C)C(=O)Nc3nc4ccc([N+](=O)[O-])cc4s3)nc21. The Balaban J connectivity index is 1.37. The van der Waals surface area contributed by atoms with Crippen LogP contribution in [0, 0.1) is 10.1 Å². The summed E-state index contributed by atoms with van der Waals surface area (Å²) in [5.74, 6) is -0.283. The number of hydrogen-bond donors (Lipinski definition) is 1. The zero-order valence-electron chi connectivity index (χ0n) is 17.8. The number of nitro benzene ring substituents is 1. The van der Waals surface area contributed by atoms with Gasteiger partial charge in [-0.1, -0.05) is 47.4 Å². The van der Waals surface area contributed by atoms with Crippen molar-refractivity contribution in [3.8, 4) is 0 Å². The summed E-state index contributed by atoms with van der Waals surface area (Å²) in [6.07, 6.45) is 1.80. The van der Waals surface area contributed by atoms with E-state index in [4.69, 9.17) is 0 Å². The molecule has 2 aromatic carbocycles. The summed E-state index contributed by atoms with van der Waals surface area (Å²) >= 11 is 2.37. The van der Waals surface area contributed by atoms with E-state index in [-0.39, 0.29) is 11.6 Å². The zero-order valence-corrected chi connectivity index (χ0v) is 19.5. The highest BCUT2D eigenvalue weighted by molar-refractivity contribution is 8.00. The van der Waals surface area contributed by atoms with E-state index in [9.17, 15) is 14.9 Å². The highest BCUT2D eigenvalue weighted by atomic mass is 32.2. The van der Waals surface area contributed by atoms with Gasteiger partial charge in [0.15, 0.2) is 10.8 Å². The Morgan fingerprint density at radius 3 is 2.91 bits per heavy atom. The molecule has 0 bridgehead atoms. The maximum absolute atomic E-state index is 12.8. The van der Waals surface area contributed by atoms with Crippen molar-refractivity contribution in [1.82, 2.24) is 24.7 Å². The van der Waals surface area contributed by atoms with Crippen LogP contribution in [0.3, 0.4) is 0 Å². The van der Waals surface area contributed by atoms with Gasteiger partial charge in [-0.25, -0.2) is 9.97 Å². The van der Waals surface area contributed by atoms with Gasteiger partial charge in [0.1, 0.15) is 5.52 Å². The molecule has 34 heavy (non-hydrogen) atoms. The molecule has 0 aliphatic carbocycles. The molecule has 0 fully saturated rings. The van der Waals surface area contributed by atoms with Crippen LogP contribution < -0.4 is 5.32 Å². The Labute approximate surface area is 200 Å². The number of carbonyl (C=O) groups is 1. The zero-order chi connectivity index (χ0) is 23.8. The monoisotopic (exact) mass is 491 g/mol. The lowest BCUT2D eigenvalue weighted by Gasteiger charge is -2.09. The molecule has 1 N–H and O–H groups in total. The molecule has 3 aromatic heterocycles. The van der Waals surface area contributed by atoms with Crippen LogP contribution in [0.15, 0.2) is 60.3 Å². The molecule has 1 atom stereocenters. The molecule has 5 rings (SSSR count). The fourth-order valence-corrected chi connectivity index (χ4v) is 5.16. The summed E-state index contributed by atoms with van der Waals surface area (Å²) in [4.78, 5) is 32.3. The van der Waals surface area contributed by atoms with Crippen LogP contribution in [0.5, 0.6) is 0 Å². The predicted molar refractivity (Wildman–Crippen MR) is 133 cm³/mol. The van der Waals surface area contributed by atoms with Gasteiger partial charge in [0, 0.05) is 24.1 Å². The van der Waals surface area contributed by atoms with Crippen molar-refractivity contribution >= 4 is 72.1 Å². The van der Waals surface area contributed by atoms with E-state index >= 15 is 0 Å². The minimum atomic E-state index is -0.530. The normalized spacial score (nSPS) is 12.3. The van der Waals surface area contributed by atoms with Gasteiger partial charge in [0.25, 0.3) is 5.69 Å². The van der Waals surface area contributed by atoms with E-state index in [0.29, 0.717) is 38.2 Å². The lowest BCUT2D eigenvalue weighted by atomic mass is 10.2. The summed E-state index contributed by atoms with van der Waals surface area (Å²) < 4.78 is 2.64. The average Bonchev–Trinajstić information content (AvgIpc) is 3.37. The van der Waals surface area contributed by atoms with E-state index < -0.39 is 10.2 Å². The summed E-state index contributed by atoms with van der Waals surface area (Å²) in [5, 5.41) is 23.5. The number of anilines is 1. The smallest absolute Gasteiger partial charge is 0.270 e. The largest absolute Gasteiger partial charge is 0.320 e. The standard InChI is InChI=1S/C22H17N7O3S2/c1-3-10-28-16-7-5-4-6-14(16)18-19(28)24-22(27-26-18)33-12(2)20(30)25-21-23-15-9-8-13(29(31)32)11-17(15)34-21/h3-9,11-12H,1,10H2,2H3,(H,23,25,30). The third-order valence-electron chi connectivity index (χ3n) is 5.13. The van der Waals surface area contributed by atoms with Gasteiger partial charge >= 0.3 is 0 Å². The molecule has 10 nitrogen and oxygen atoms in total. The number of benzene rings is 2. The number of non-ortho nitro benzene ring substituents is 1. The first-order valence-electron chi connectivity index (χ1n) is 10.2. The number of thioether (sulfide) groups is 1. The second kappa shape index (κ2) is 8.80. The molecule has 170 valence electrons.